The second kappa shape index (κ2) is 14.5. The zero-order chi connectivity index (χ0) is 31.9. The van der Waals surface area contributed by atoms with Crippen molar-refractivity contribution < 1.29 is 33.4 Å². The molecule has 2 saturated heterocycles. The fourth-order valence-electron chi connectivity index (χ4n) is 5.43. The first-order valence-corrected chi connectivity index (χ1v) is 14.8. The summed E-state index contributed by atoms with van der Waals surface area (Å²) < 4.78 is 11.3. The van der Waals surface area contributed by atoms with E-state index in [1.54, 1.807) is 39.0 Å². The molecule has 0 aromatic heterocycles. The maximum atomic E-state index is 13.2. The van der Waals surface area contributed by atoms with Crippen molar-refractivity contribution in [1.82, 2.24) is 20.0 Å². The smallest absolute Gasteiger partial charge is 0.410 e. The molecule has 1 aromatic rings. The molecule has 2 fully saturated rings. The van der Waals surface area contributed by atoms with Gasteiger partial charge in [0.25, 0.3) is 5.91 Å². The van der Waals surface area contributed by atoms with Crippen LogP contribution in [0.4, 0.5) is 10.5 Å². The number of likely N-dealkylation sites (tertiary alicyclic amines) is 1. The molecule has 0 bridgehead atoms. The highest BCUT2D eigenvalue weighted by molar-refractivity contribution is 6.07. The Hall–Kier alpha value is -4.20. The van der Waals surface area contributed by atoms with Gasteiger partial charge in [-0.1, -0.05) is 11.2 Å². The van der Waals surface area contributed by atoms with Gasteiger partial charge in [-0.3, -0.25) is 29.4 Å². The van der Waals surface area contributed by atoms with Crippen molar-refractivity contribution in [2.24, 2.45) is 5.11 Å². The number of nitrogens with zero attached hydrogens (tertiary/aromatic N) is 6. The first-order valence-electron chi connectivity index (χ1n) is 14.8. The third-order valence-electron chi connectivity index (χ3n) is 7.67. The summed E-state index contributed by atoms with van der Waals surface area (Å²) >= 11 is 0. The average molecular weight is 613 g/mol. The fourth-order valence-corrected chi connectivity index (χ4v) is 5.43. The lowest BCUT2D eigenvalue weighted by Gasteiger charge is -2.30. The van der Waals surface area contributed by atoms with Gasteiger partial charge in [0.2, 0.25) is 17.7 Å². The lowest BCUT2D eigenvalue weighted by Crippen LogP contribution is -2.52. The number of amides is 5. The van der Waals surface area contributed by atoms with Gasteiger partial charge in [0.1, 0.15) is 18.2 Å². The molecule has 238 valence electrons. The number of hydrogen-bond acceptors (Lipinski definition) is 9. The molecule has 4 rings (SSSR count). The quantitative estimate of drug-likeness (QED) is 0.125. The zero-order valence-corrected chi connectivity index (χ0v) is 25.4. The van der Waals surface area contributed by atoms with Crippen LogP contribution in [-0.2, 0) is 30.4 Å². The van der Waals surface area contributed by atoms with Crippen LogP contribution >= 0.6 is 0 Å². The summed E-state index contributed by atoms with van der Waals surface area (Å²) in [6, 6.07) is 4.19. The van der Waals surface area contributed by atoms with Crippen LogP contribution in [0.3, 0.4) is 0 Å². The molecular weight excluding hydrogens is 572 g/mol. The number of carbonyl (C=O) groups excluding carboxylic acids is 5. The fraction of sp³-hybridized carbons (Fsp3) is 0.621. The van der Waals surface area contributed by atoms with Gasteiger partial charge in [0.15, 0.2) is 0 Å². The van der Waals surface area contributed by atoms with Crippen LogP contribution in [0.25, 0.3) is 10.4 Å². The van der Waals surface area contributed by atoms with Gasteiger partial charge >= 0.3 is 6.09 Å². The Bertz CT molecular complexity index is 1320. The number of fused-ring (bicyclic) bond motifs is 1. The molecule has 3 heterocycles. The van der Waals surface area contributed by atoms with Crippen LogP contribution in [0.2, 0.25) is 0 Å². The molecule has 1 aromatic carbocycles. The predicted molar refractivity (Wildman–Crippen MR) is 158 cm³/mol. The van der Waals surface area contributed by atoms with E-state index in [9.17, 15) is 24.0 Å². The highest BCUT2D eigenvalue weighted by Gasteiger charge is 2.40. The number of anilines is 1. The van der Waals surface area contributed by atoms with E-state index in [-0.39, 0.29) is 56.9 Å². The second-order valence-electron chi connectivity index (χ2n) is 12.1. The maximum absolute atomic E-state index is 13.2. The topological polar surface area (TPSA) is 186 Å². The zero-order valence-electron chi connectivity index (χ0n) is 25.4. The Morgan fingerprint density at radius 3 is 2.59 bits per heavy atom. The van der Waals surface area contributed by atoms with Gasteiger partial charge in [-0.2, -0.15) is 0 Å². The van der Waals surface area contributed by atoms with Crippen molar-refractivity contribution in [2.45, 2.75) is 70.7 Å². The molecule has 3 aliphatic heterocycles. The second-order valence-corrected chi connectivity index (χ2v) is 12.1. The predicted octanol–water partition coefficient (Wildman–Crippen LogP) is 2.41. The van der Waals surface area contributed by atoms with E-state index in [1.165, 1.54) is 9.80 Å². The van der Waals surface area contributed by atoms with E-state index in [0.717, 1.165) is 25.9 Å². The van der Waals surface area contributed by atoms with Crippen molar-refractivity contribution in [3.63, 3.8) is 0 Å². The summed E-state index contributed by atoms with van der Waals surface area (Å²) in [5, 5.41) is 8.87. The highest BCUT2D eigenvalue weighted by atomic mass is 16.6. The average Bonchev–Trinajstić information content (AvgIpc) is 3.29. The lowest BCUT2D eigenvalue weighted by atomic mass is 10.0. The number of rotatable bonds is 11. The van der Waals surface area contributed by atoms with Gasteiger partial charge in [0, 0.05) is 53.8 Å². The van der Waals surface area contributed by atoms with Gasteiger partial charge in [-0.25, -0.2) is 4.79 Å². The molecule has 44 heavy (non-hydrogen) atoms. The monoisotopic (exact) mass is 612 g/mol. The third-order valence-corrected chi connectivity index (χ3v) is 7.67. The molecule has 0 saturated carbocycles. The number of hydrogen-bond donors (Lipinski definition) is 2. The van der Waals surface area contributed by atoms with Crippen LogP contribution in [0, 0.1) is 0 Å². The minimum Gasteiger partial charge on any atom is -0.444 e. The van der Waals surface area contributed by atoms with Gasteiger partial charge in [-0.05, 0) is 70.8 Å². The van der Waals surface area contributed by atoms with E-state index in [2.05, 4.69) is 25.6 Å². The van der Waals surface area contributed by atoms with E-state index < -0.39 is 29.6 Å². The van der Waals surface area contributed by atoms with E-state index in [4.69, 9.17) is 15.0 Å². The lowest BCUT2D eigenvalue weighted by molar-refractivity contribution is -0.137. The van der Waals surface area contributed by atoms with Crippen LogP contribution in [-0.4, -0.2) is 108 Å². The number of azide groups is 1. The van der Waals surface area contributed by atoms with Gasteiger partial charge in [0.05, 0.1) is 13.2 Å². The van der Waals surface area contributed by atoms with E-state index >= 15 is 0 Å². The first-order chi connectivity index (χ1) is 20.9. The molecule has 1 atom stereocenters. The molecule has 2 N–H and O–H groups in total. The number of piperidine rings is 2. The molecule has 0 radical (unpaired) electrons. The van der Waals surface area contributed by atoms with Crippen LogP contribution < -0.4 is 10.6 Å². The normalized spacial score (nSPS) is 19.2. The third kappa shape index (κ3) is 8.68. The largest absolute Gasteiger partial charge is 0.444 e. The minimum absolute atomic E-state index is 0.0346. The molecule has 15 heteroatoms. The van der Waals surface area contributed by atoms with Crippen molar-refractivity contribution in [3.05, 3.63) is 39.8 Å². The van der Waals surface area contributed by atoms with Crippen LogP contribution in [0.5, 0.6) is 0 Å². The van der Waals surface area contributed by atoms with Crippen LogP contribution in [0.1, 0.15) is 62.4 Å². The number of imide groups is 1. The molecule has 15 nitrogen and oxygen atoms in total. The summed E-state index contributed by atoms with van der Waals surface area (Å²) in [6.45, 7) is 8.10. The molecule has 5 amide bonds. The summed E-state index contributed by atoms with van der Waals surface area (Å²) in [5.74, 6) is -1.72. The molecular formula is C29H40N8O7. The number of ether oxygens (including phenoxy) is 2. The highest BCUT2D eigenvalue weighted by Crippen LogP contribution is 2.32. The Morgan fingerprint density at radius 1 is 1.16 bits per heavy atom. The summed E-state index contributed by atoms with van der Waals surface area (Å²) in [7, 11) is 0. The van der Waals surface area contributed by atoms with Crippen molar-refractivity contribution in [1.29, 1.82) is 0 Å². The van der Waals surface area contributed by atoms with E-state index in [0.29, 0.717) is 30.0 Å². The molecule has 3 aliphatic rings. The Labute approximate surface area is 255 Å². The van der Waals surface area contributed by atoms with Crippen molar-refractivity contribution in [3.8, 4) is 0 Å². The van der Waals surface area contributed by atoms with Gasteiger partial charge in [-0.15, -0.1) is 0 Å². The first kappa shape index (κ1) is 32.7. The molecule has 0 aliphatic carbocycles. The van der Waals surface area contributed by atoms with Gasteiger partial charge < -0.3 is 24.6 Å². The maximum Gasteiger partial charge on any atom is 0.410 e. The number of benzene rings is 1. The van der Waals surface area contributed by atoms with Crippen molar-refractivity contribution in [2.75, 3.05) is 51.3 Å². The minimum atomic E-state index is -0.775. The summed E-state index contributed by atoms with van der Waals surface area (Å²) in [4.78, 5) is 71.0. The molecule has 0 spiro atoms. The summed E-state index contributed by atoms with van der Waals surface area (Å²) in [5.41, 5.74) is 9.17. The van der Waals surface area contributed by atoms with Crippen LogP contribution in [0.15, 0.2) is 23.3 Å². The van der Waals surface area contributed by atoms with Crippen molar-refractivity contribution >= 4 is 35.4 Å². The number of nitrogens with one attached hydrogen (secondary N) is 2. The molecule has 1 unspecified atom stereocenters. The Balaban J connectivity index is 1.32. The van der Waals surface area contributed by atoms with E-state index in [1.807, 2.05) is 0 Å². The Kier molecular flexibility index (Phi) is 10.8. The standard InChI is InChI=1S/C29H40N8O7/c1-29(2,3)44-28(42)36(14-16-43-15-13-35-11-9-19(10-12-35)33-34-30)18-25(39)31-22-6-4-5-20-21(22)17-37(27(20)41)23-7-8-24(38)32-26(23)40/h4-6,19,23H,7-18H2,1-3H3,(H,31,39)(H,32,38,40). The number of carbonyl (C=O) groups is 5. The SMILES string of the molecule is CC(C)(C)OC(=O)N(CCOCCN1CCC(N=[N+]=[N-])CC1)CC(=O)Nc1cccc2c1CN(C1CCC(=O)NC1=O)C2=O. The Morgan fingerprint density at radius 2 is 1.91 bits per heavy atom. The summed E-state index contributed by atoms with van der Waals surface area (Å²) in [6.07, 6.45) is 1.32.